The third-order valence-corrected chi connectivity index (χ3v) is 5.81. The summed E-state index contributed by atoms with van der Waals surface area (Å²) in [5, 5.41) is 2.66. The van der Waals surface area contributed by atoms with Gasteiger partial charge in [-0.05, 0) is 42.3 Å². The maximum absolute atomic E-state index is 2.41. The molecule has 0 spiro atoms. The number of fused-ring (bicyclic) bond motifs is 3. The maximum Gasteiger partial charge on any atom is 0.0491 e. The summed E-state index contributed by atoms with van der Waals surface area (Å²) in [5.41, 5.74) is 5.12. The molecule has 0 N–H and O–H groups in total. The van der Waals surface area contributed by atoms with Crippen LogP contribution in [0.3, 0.4) is 0 Å². The lowest BCUT2D eigenvalue weighted by Crippen LogP contribution is -1.92. The van der Waals surface area contributed by atoms with Crippen molar-refractivity contribution in [1.29, 1.82) is 0 Å². The van der Waals surface area contributed by atoms with Gasteiger partial charge in [0.15, 0.2) is 0 Å². The minimum Gasteiger partial charge on any atom is -0.341 e. The van der Waals surface area contributed by atoms with E-state index < -0.39 is 0 Å². The van der Waals surface area contributed by atoms with E-state index >= 15 is 0 Å². The average Bonchev–Trinajstić information content (AvgIpc) is 3.50. The van der Waals surface area contributed by atoms with E-state index in [1.165, 1.54) is 32.9 Å². The Labute approximate surface area is 172 Å². The van der Waals surface area contributed by atoms with Gasteiger partial charge in [0.25, 0.3) is 0 Å². The Bertz CT molecular complexity index is 1120. The lowest BCUT2D eigenvalue weighted by Gasteiger charge is -2.03. The summed E-state index contributed by atoms with van der Waals surface area (Å²) >= 11 is 0. The Hall–Kier alpha value is -3.32. The number of benzene rings is 2. The fourth-order valence-corrected chi connectivity index (χ4v) is 4.29. The Morgan fingerprint density at radius 2 is 1.14 bits per heavy atom. The molecule has 3 aromatic rings. The molecule has 0 amide bonds. The van der Waals surface area contributed by atoms with Crippen molar-refractivity contribution in [3.8, 4) is 0 Å². The van der Waals surface area contributed by atoms with Crippen LogP contribution in [0.25, 0.3) is 34.0 Å². The van der Waals surface area contributed by atoms with Crippen LogP contribution in [-0.4, -0.2) is 4.57 Å². The first-order chi connectivity index (χ1) is 14.3. The van der Waals surface area contributed by atoms with Crippen LogP contribution in [0.1, 0.15) is 18.1 Å². The number of aryl methyl sites for hydroxylation is 1. The molecule has 2 aliphatic carbocycles. The van der Waals surface area contributed by atoms with Gasteiger partial charge in [0.05, 0.1) is 0 Å². The molecular weight excluding hydrogens is 350 g/mol. The fourth-order valence-electron chi connectivity index (χ4n) is 4.29. The first-order valence-corrected chi connectivity index (χ1v) is 10.4. The molecule has 0 aliphatic heterocycles. The van der Waals surface area contributed by atoms with E-state index in [4.69, 9.17) is 0 Å². The molecule has 0 atom stereocenters. The quantitative estimate of drug-likeness (QED) is 0.440. The van der Waals surface area contributed by atoms with Gasteiger partial charge in [0, 0.05) is 40.2 Å². The number of aromatic nitrogens is 1. The van der Waals surface area contributed by atoms with Crippen LogP contribution in [0, 0.1) is 11.8 Å². The van der Waals surface area contributed by atoms with Crippen molar-refractivity contribution in [2.24, 2.45) is 11.8 Å². The van der Waals surface area contributed by atoms with E-state index in [0.717, 1.165) is 6.54 Å². The molecule has 0 bridgehead atoms. The second-order valence-corrected chi connectivity index (χ2v) is 7.71. The van der Waals surface area contributed by atoms with Crippen LogP contribution in [0.5, 0.6) is 0 Å². The standard InChI is InChI=1S/C28H25N/c1-2-29-27-17-15-23(13-11-21-7-3-4-8-21)19-25(27)26-20-24(16-18-28(26)29)14-12-22-9-5-6-10-22/h3-22H,2H2,1H3/b13-11+,14-12+. The van der Waals surface area contributed by atoms with Gasteiger partial charge in [-0.25, -0.2) is 0 Å². The van der Waals surface area contributed by atoms with Crippen LogP contribution in [0.4, 0.5) is 0 Å². The zero-order chi connectivity index (χ0) is 19.6. The summed E-state index contributed by atoms with van der Waals surface area (Å²) in [6.07, 6.45) is 26.3. The monoisotopic (exact) mass is 375 g/mol. The minimum atomic E-state index is 0.415. The zero-order valence-corrected chi connectivity index (χ0v) is 16.7. The lowest BCUT2D eigenvalue weighted by atomic mass is 10.0. The summed E-state index contributed by atoms with van der Waals surface area (Å²) in [6, 6.07) is 13.7. The Balaban J connectivity index is 1.57. The summed E-state index contributed by atoms with van der Waals surface area (Å²) in [7, 11) is 0. The molecule has 0 fully saturated rings. The topological polar surface area (TPSA) is 4.93 Å². The SMILES string of the molecule is CCn1c2ccc(/C=C/C3C=CC=C3)cc2c2cc(/C=C/C3C=CC=C3)ccc21. The highest BCUT2D eigenvalue weighted by atomic mass is 15.0. The normalized spacial score (nSPS) is 16.9. The van der Waals surface area contributed by atoms with Crippen LogP contribution < -0.4 is 0 Å². The van der Waals surface area contributed by atoms with E-state index in [1.807, 2.05) is 0 Å². The summed E-state index contributed by atoms with van der Waals surface area (Å²) in [6.45, 7) is 3.19. The molecule has 142 valence electrons. The summed E-state index contributed by atoms with van der Waals surface area (Å²) < 4.78 is 2.41. The maximum atomic E-state index is 2.41. The van der Waals surface area contributed by atoms with Crippen molar-refractivity contribution in [1.82, 2.24) is 4.57 Å². The Kier molecular flexibility index (Phi) is 4.65. The van der Waals surface area contributed by atoms with Crippen molar-refractivity contribution in [3.63, 3.8) is 0 Å². The number of hydrogen-bond acceptors (Lipinski definition) is 0. The van der Waals surface area contributed by atoms with E-state index in [0.29, 0.717) is 11.8 Å². The second kappa shape index (κ2) is 7.60. The average molecular weight is 376 g/mol. The van der Waals surface area contributed by atoms with E-state index in [-0.39, 0.29) is 0 Å². The molecule has 0 radical (unpaired) electrons. The molecule has 0 saturated carbocycles. The molecule has 5 rings (SSSR count). The number of rotatable bonds is 5. The van der Waals surface area contributed by atoms with Crippen molar-refractivity contribution < 1.29 is 0 Å². The first kappa shape index (κ1) is 17.8. The molecule has 0 saturated heterocycles. The predicted octanol–water partition coefficient (Wildman–Crippen LogP) is 7.33. The van der Waals surface area contributed by atoms with Crippen molar-refractivity contribution in [2.75, 3.05) is 0 Å². The molecule has 1 heterocycles. The second-order valence-electron chi connectivity index (χ2n) is 7.71. The molecule has 1 aromatic heterocycles. The molecule has 2 aliphatic rings. The molecule has 29 heavy (non-hydrogen) atoms. The van der Waals surface area contributed by atoms with Gasteiger partial charge >= 0.3 is 0 Å². The Morgan fingerprint density at radius 3 is 1.55 bits per heavy atom. The largest absolute Gasteiger partial charge is 0.341 e. The van der Waals surface area contributed by atoms with Gasteiger partial charge in [-0.2, -0.15) is 0 Å². The molecule has 2 aromatic carbocycles. The Morgan fingerprint density at radius 1 is 0.690 bits per heavy atom. The van der Waals surface area contributed by atoms with Gasteiger partial charge in [-0.15, -0.1) is 0 Å². The summed E-state index contributed by atoms with van der Waals surface area (Å²) in [4.78, 5) is 0. The highest BCUT2D eigenvalue weighted by Gasteiger charge is 2.10. The third-order valence-electron chi connectivity index (χ3n) is 5.81. The van der Waals surface area contributed by atoms with Crippen molar-refractivity contribution in [3.05, 3.63) is 108 Å². The number of hydrogen-bond donors (Lipinski definition) is 0. The van der Waals surface area contributed by atoms with Gasteiger partial charge in [0.1, 0.15) is 0 Å². The van der Waals surface area contributed by atoms with Crippen LogP contribution in [-0.2, 0) is 6.54 Å². The molecule has 0 unspecified atom stereocenters. The minimum absolute atomic E-state index is 0.415. The van der Waals surface area contributed by atoms with Crippen LogP contribution in [0.2, 0.25) is 0 Å². The number of allylic oxidation sites excluding steroid dienone is 10. The zero-order valence-electron chi connectivity index (χ0n) is 16.7. The predicted molar refractivity (Wildman–Crippen MR) is 127 cm³/mol. The molecule has 1 heteroatoms. The smallest absolute Gasteiger partial charge is 0.0491 e. The molecule has 1 nitrogen and oxygen atoms in total. The highest BCUT2D eigenvalue weighted by molar-refractivity contribution is 6.09. The lowest BCUT2D eigenvalue weighted by molar-refractivity contribution is 0.827. The summed E-state index contributed by atoms with van der Waals surface area (Å²) in [5.74, 6) is 0.830. The third kappa shape index (κ3) is 3.45. The van der Waals surface area contributed by atoms with Gasteiger partial charge in [-0.3, -0.25) is 0 Å². The van der Waals surface area contributed by atoms with E-state index in [2.05, 4.69) is 121 Å². The van der Waals surface area contributed by atoms with Crippen molar-refractivity contribution in [2.45, 2.75) is 13.5 Å². The van der Waals surface area contributed by atoms with Crippen LogP contribution in [0.15, 0.2) is 97.2 Å². The fraction of sp³-hybridized carbons (Fsp3) is 0.143. The van der Waals surface area contributed by atoms with Gasteiger partial charge < -0.3 is 4.57 Å². The van der Waals surface area contributed by atoms with E-state index in [9.17, 15) is 0 Å². The molecular formula is C28H25N. The van der Waals surface area contributed by atoms with Crippen molar-refractivity contribution >= 4 is 34.0 Å². The highest BCUT2D eigenvalue weighted by Crippen LogP contribution is 2.31. The van der Waals surface area contributed by atoms with Crippen LogP contribution >= 0.6 is 0 Å². The first-order valence-electron chi connectivity index (χ1n) is 10.4. The number of nitrogens with zero attached hydrogens (tertiary/aromatic N) is 1. The van der Waals surface area contributed by atoms with Gasteiger partial charge in [-0.1, -0.05) is 85.0 Å². The van der Waals surface area contributed by atoms with E-state index in [1.54, 1.807) is 0 Å². The van der Waals surface area contributed by atoms with Gasteiger partial charge in [0.2, 0.25) is 0 Å².